The van der Waals surface area contributed by atoms with Gasteiger partial charge in [-0.2, -0.15) is 0 Å². The first-order valence-corrected chi connectivity index (χ1v) is 8.87. The van der Waals surface area contributed by atoms with Crippen LogP contribution in [0.1, 0.15) is 39.0 Å². The van der Waals surface area contributed by atoms with Crippen molar-refractivity contribution in [1.82, 2.24) is 15.0 Å². The molecule has 4 rings (SSSR count). The van der Waals surface area contributed by atoms with Gasteiger partial charge in [0, 0.05) is 34.4 Å². The number of aromatic amines is 1. The molecule has 0 saturated carbocycles. The minimum atomic E-state index is -1.13. The second-order valence-corrected chi connectivity index (χ2v) is 6.79. The second-order valence-electron chi connectivity index (χ2n) is 6.79. The summed E-state index contributed by atoms with van der Waals surface area (Å²) in [6, 6.07) is 12.4. The SMILES string of the molecule is Cc1cc2[nH]c(-c3cccnc3)c(C(O)c3cccc(C(=O)O)n3)c2cc1C. The number of benzene rings is 1. The van der Waals surface area contributed by atoms with Crippen LogP contribution in [0.15, 0.2) is 54.9 Å². The molecule has 6 heteroatoms. The van der Waals surface area contributed by atoms with Crippen molar-refractivity contribution in [3.8, 4) is 11.3 Å². The Morgan fingerprint density at radius 3 is 2.61 bits per heavy atom. The van der Waals surface area contributed by atoms with E-state index < -0.39 is 12.1 Å². The third-order valence-corrected chi connectivity index (χ3v) is 4.95. The maximum atomic E-state index is 11.3. The van der Waals surface area contributed by atoms with Gasteiger partial charge in [-0.05, 0) is 61.4 Å². The Bertz CT molecular complexity index is 1180. The zero-order valence-corrected chi connectivity index (χ0v) is 15.5. The highest BCUT2D eigenvalue weighted by Gasteiger charge is 2.24. The van der Waals surface area contributed by atoms with Crippen molar-refractivity contribution in [1.29, 1.82) is 0 Å². The number of nitrogens with zero attached hydrogens (tertiary/aromatic N) is 2. The smallest absolute Gasteiger partial charge is 0.354 e. The second kappa shape index (κ2) is 6.90. The minimum Gasteiger partial charge on any atom is -0.477 e. The molecule has 0 aliphatic heterocycles. The van der Waals surface area contributed by atoms with Gasteiger partial charge in [-0.25, -0.2) is 9.78 Å². The molecule has 3 aromatic heterocycles. The van der Waals surface area contributed by atoms with Gasteiger partial charge in [0.15, 0.2) is 0 Å². The lowest BCUT2D eigenvalue weighted by Gasteiger charge is -2.13. The summed E-state index contributed by atoms with van der Waals surface area (Å²) in [5.74, 6) is -1.13. The monoisotopic (exact) mass is 373 g/mol. The zero-order chi connectivity index (χ0) is 19.8. The summed E-state index contributed by atoms with van der Waals surface area (Å²) in [4.78, 5) is 23.0. The van der Waals surface area contributed by atoms with Crippen LogP contribution >= 0.6 is 0 Å². The molecule has 3 N–H and O–H groups in total. The Labute approximate surface area is 161 Å². The lowest BCUT2D eigenvalue weighted by atomic mass is 9.97. The third-order valence-electron chi connectivity index (χ3n) is 4.95. The molecule has 0 saturated heterocycles. The van der Waals surface area contributed by atoms with Crippen molar-refractivity contribution in [2.24, 2.45) is 0 Å². The van der Waals surface area contributed by atoms with E-state index >= 15 is 0 Å². The Balaban J connectivity index is 1.97. The molecule has 3 heterocycles. The number of fused-ring (bicyclic) bond motifs is 1. The third kappa shape index (κ3) is 3.04. The number of aliphatic hydroxyl groups is 1. The molecule has 0 aliphatic carbocycles. The van der Waals surface area contributed by atoms with E-state index in [1.165, 1.54) is 6.07 Å². The molecule has 0 radical (unpaired) electrons. The molecule has 1 atom stereocenters. The van der Waals surface area contributed by atoms with Crippen molar-refractivity contribution in [3.05, 3.63) is 82.9 Å². The fourth-order valence-corrected chi connectivity index (χ4v) is 3.37. The Hall–Kier alpha value is -3.51. The summed E-state index contributed by atoms with van der Waals surface area (Å²) in [6.07, 6.45) is 2.32. The molecule has 1 unspecified atom stereocenters. The highest BCUT2D eigenvalue weighted by molar-refractivity contribution is 5.92. The number of carboxylic acid groups (broad SMARTS) is 1. The van der Waals surface area contributed by atoms with Gasteiger partial charge in [-0.1, -0.05) is 6.07 Å². The van der Waals surface area contributed by atoms with Gasteiger partial charge in [0.1, 0.15) is 11.8 Å². The lowest BCUT2D eigenvalue weighted by Crippen LogP contribution is -2.08. The van der Waals surface area contributed by atoms with Crippen LogP contribution in [-0.4, -0.2) is 31.1 Å². The largest absolute Gasteiger partial charge is 0.477 e. The first-order chi connectivity index (χ1) is 13.5. The van der Waals surface area contributed by atoms with E-state index in [2.05, 4.69) is 15.0 Å². The van der Waals surface area contributed by atoms with E-state index in [4.69, 9.17) is 0 Å². The molecule has 140 valence electrons. The van der Waals surface area contributed by atoms with Crippen molar-refractivity contribution in [2.75, 3.05) is 0 Å². The number of H-pyrrole nitrogens is 1. The van der Waals surface area contributed by atoms with Crippen molar-refractivity contribution in [2.45, 2.75) is 20.0 Å². The molecule has 0 fully saturated rings. The van der Waals surface area contributed by atoms with Crippen molar-refractivity contribution in [3.63, 3.8) is 0 Å². The summed E-state index contributed by atoms with van der Waals surface area (Å²) >= 11 is 0. The maximum Gasteiger partial charge on any atom is 0.354 e. The summed E-state index contributed by atoms with van der Waals surface area (Å²) < 4.78 is 0. The first-order valence-electron chi connectivity index (χ1n) is 8.87. The summed E-state index contributed by atoms with van der Waals surface area (Å²) in [5.41, 5.74) is 5.53. The number of carboxylic acids is 1. The first kappa shape index (κ1) is 17.9. The number of hydrogen-bond acceptors (Lipinski definition) is 4. The van der Waals surface area contributed by atoms with Crippen LogP contribution in [0.25, 0.3) is 22.2 Å². The molecule has 1 aromatic carbocycles. The van der Waals surface area contributed by atoms with Crippen LogP contribution in [0.2, 0.25) is 0 Å². The number of pyridine rings is 2. The van der Waals surface area contributed by atoms with Gasteiger partial charge < -0.3 is 15.2 Å². The van der Waals surface area contributed by atoms with Gasteiger partial charge in [0.2, 0.25) is 0 Å². The van der Waals surface area contributed by atoms with Crippen LogP contribution in [-0.2, 0) is 0 Å². The maximum absolute atomic E-state index is 11.3. The predicted molar refractivity (Wildman–Crippen MR) is 106 cm³/mol. The van der Waals surface area contributed by atoms with Crippen molar-refractivity contribution < 1.29 is 15.0 Å². The van der Waals surface area contributed by atoms with Gasteiger partial charge in [0.25, 0.3) is 0 Å². The summed E-state index contributed by atoms with van der Waals surface area (Å²) in [6.45, 7) is 4.05. The number of hydrogen-bond donors (Lipinski definition) is 3. The van der Waals surface area contributed by atoms with E-state index in [9.17, 15) is 15.0 Å². The Morgan fingerprint density at radius 1 is 1.11 bits per heavy atom. The topological polar surface area (TPSA) is 99.1 Å². The molecule has 0 bridgehead atoms. The highest BCUT2D eigenvalue weighted by atomic mass is 16.4. The van der Waals surface area contributed by atoms with Gasteiger partial charge >= 0.3 is 5.97 Å². The standard InChI is InChI=1S/C22H19N3O3/c1-12-9-15-18(10-13(12)2)25-20(14-5-4-8-23-11-14)19(15)21(26)16-6-3-7-17(24-16)22(27)28/h3-11,21,25-26H,1-2H3,(H,27,28). The average molecular weight is 373 g/mol. The average Bonchev–Trinajstić information content (AvgIpc) is 3.06. The Kier molecular flexibility index (Phi) is 4.41. The van der Waals surface area contributed by atoms with E-state index in [0.29, 0.717) is 5.56 Å². The molecule has 0 aliphatic rings. The molecular formula is C22H19N3O3. The van der Waals surface area contributed by atoms with Crippen LogP contribution in [0.3, 0.4) is 0 Å². The molecule has 0 spiro atoms. The van der Waals surface area contributed by atoms with E-state index in [1.807, 2.05) is 38.1 Å². The van der Waals surface area contributed by atoms with Gasteiger partial charge in [0.05, 0.1) is 11.4 Å². The molecule has 0 amide bonds. The number of aromatic nitrogens is 3. The molecule has 6 nitrogen and oxygen atoms in total. The van der Waals surface area contributed by atoms with Crippen LogP contribution < -0.4 is 0 Å². The lowest BCUT2D eigenvalue weighted by molar-refractivity contribution is 0.0689. The summed E-state index contributed by atoms with van der Waals surface area (Å²) in [7, 11) is 0. The minimum absolute atomic E-state index is 0.105. The van der Waals surface area contributed by atoms with E-state index in [-0.39, 0.29) is 11.4 Å². The Morgan fingerprint density at radius 2 is 1.89 bits per heavy atom. The normalized spacial score (nSPS) is 12.2. The number of rotatable bonds is 4. The van der Waals surface area contributed by atoms with Crippen LogP contribution in [0.5, 0.6) is 0 Å². The van der Waals surface area contributed by atoms with Crippen LogP contribution in [0, 0.1) is 13.8 Å². The number of aromatic carboxylic acids is 1. The fraction of sp³-hybridized carbons (Fsp3) is 0.136. The fourth-order valence-electron chi connectivity index (χ4n) is 3.37. The van der Waals surface area contributed by atoms with Crippen LogP contribution in [0.4, 0.5) is 0 Å². The highest BCUT2D eigenvalue weighted by Crippen LogP contribution is 2.37. The molecular weight excluding hydrogens is 354 g/mol. The molecule has 4 aromatic rings. The molecule has 28 heavy (non-hydrogen) atoms. The van der Waals surface area contributed by atoms with E-state index in [0.717, 1.165) is 33.3 Å². The van der Waals surface area contributed by atoms with E-state index in [1.54, 1.807) is 24.5 Å². The quantitative estimate of drug-likeness (QED) is 0.502. The predicted octanol–water partition coefficient (Wildman–Crippen LogP) is 4.02. The summed E-state index contributed by atoms with van der Waals surface area (Å²) in [5, 5.41) is 21.3. The van der Waals surface area contributed by atoms with Crippen molar-refractivity contribution >= 4 is 16.9 Å². The zero-order valence-electron chi connectivity index (χ0n) is 15.5. The van der Waals surface area contributed by atoms with Gasteiger partial charge in [-0.15, -0.1) is 0 Å². The number of aliphatic hydroxyl groups excluding tert-OH is 1. The number of aryl methyl sites for hydroxylation is 2. The van der Waals surface area contributed by atoms with Gasteiger partial charge in [-0.3, -0.25) is 4.98 Å². The number of nitrogens with one attached hydrogen (secondary N) is 1. The number of carbonyl (C=O) groups is 1.